The Kier molecular flexibility index (Phi) is 5.45. The van der Waals surface area contributed by atoms with Gasteiger partial charge in [0.15, 0.2) is 5.11 Å². The monoisotopic (exact) mass is 398 g/mol. The number of rotatable bonds is 4. The second-order valence-corrected chi connectivity index (χ2v) is 6.71. The molecule has 0 saturated heterocycles. The van der Waals surface area contributed by atoms with Crippen LogP contribution in [0.2, 0.25) is 0 Å². The van der Waals surface area contributed by atoms with Gasteiger partial charge in [-0.3, -0.25) is 10.1 Å². The first kappa shape index (κ1) is 18.6. The van der Waals surface area contributed by atoms with Crippen molar-refractivity contribution < 1.29 is 4.79 Å². The average molecular weight is 398 g/mol. The molecule has 1 heterocycles. The van der Waals surface area contributed by atoms with Gasteiger partial charge in [-0.2, -0.15) is 5.10 Å². The third-order valence-electron chi connectivity index (χ3n) is 4.28. The predicted molar refractivity (Wildman–Crippen MR) is 119 cm³/mol. The Morgan fingerprint density at radius 2 is 1.41 bits per heavy atom. The summed E-state index contributed by atoms with van der Waals surface area (Å²) >= 11 is 5.36. The van der Waals surface area contributed by atoms with Gasteiger partial charge in [0, 0.05) is 17.2 Å². The zero-order valence-corrected chi connectivity index (χ0v) is 16.3. The molecule has 0 spiro atoms. The fourth-order valence-corrected chi connectivity index (χ4v) is 3.10. The number of hydrogen-bond donors (Lipinski definition) is 2. The molecule has 0 aliphatic carbocycles. The zero-order valence-electron chi connectivity index (χ0n) is 15.4. The van der Waals surface area contributed by atoms with E-state index in [9.17, 15) is 4.79 Å². The quantitative estimate of drug-likeness (QED) is 0.491. The number of nitrogens with zero attached hydrogens (tertiary/aromatic N) is 2. The highest BCUT2D eigenvalue weighted by atomic mass is 32.1. The zero-order chi connectivity index (χ0) is 20.1. The molecule has 0 atom stereocenters. The summed E-state index contributed by atoms with van der Waals surface area (Å²) in [5, 5.41) is 10.7. The van der Waals surface area contributed by atoms with Crippen LogP contribution in [0.15, 0.2) is 97.1 Å². The van der Waals surface area contributed by atoms with Gasteiger partial charge in [-0.05, 0) is 36.5 Å². The number of para-hydroxylation sites is 1. The van der Waals surface area contributed by atoms with E-state index in [0.717, 1.165) is 16.9 Å². The molecule has 0 bridgehead atoms. The van der Waals surface area contributed by atoms with Crippen molar-refractivity contribution in [3.63, 3.8) is 0 Å². The molecule has 0 unspecified atom stereocenters. The number of aromatic nitrogens is 2. The van der Waals surface area contributed by atoms with Crippen LogP contribution in [0.5, 0.6) is 0 Å². The van der Waals surface area contributed by atoms with Crippen molar-refractivity contribution in [2.75, 3.05) is 5.32 Å². The van der Waals surface area contributed by atoms with Crippen LogP contribution in [0, 0.1) is 0 Å². The topological polar surface area (TPSA) is 59.0 Å². The minimum atomic E-state index is -0.267. The molecule has 0 aliphatic rings. The standard InChI is InChI=1S/C23H18N4OS/c28-22(18-12-6-2-7-13-18)25-23(29)24-21-16-20(17-10-4-1-5-11-17)26-27(21)19-14-8-3-9-15-19/h1-16H,(H2,24,25,28,29). The van der Waals surface area contributed by atoms with Gasteiger partial charge < -0.3 is 5.32 Å². The summed E-state index contributed by atoms with van der Waals surface area (Å²) in [5.41, 5.74) is 3.21. The molecule has 4 aromatic rings. The minimum absolute atomic E-state index is 0.204. The van der Waals surface area contributed by atoms with Gasteiger partial charge in [-0.15, -0.1) is 0 Å². The number of nitrogens with one attached hydrogen (secondary N) is 2. The predicted octanol–water partition coefficient (Wildman–Crippen LogP) is 4.67. The van der Waals surface area contributed by atoms with Crippen molar-refractivity contribution in [2.45, 2.75) is 0 Å². The third kappa shape index (κ3) is 4.39. The summed E-state index contributed by atoms with van der Waals surface area (Å²) in [6, 6.07) is 30.5. The summed E-state index contributed by atoms with van der Waals surface area (Å²) in [5.74, 6) is 0.394. The van der Waals surface area contributed by atoms with Crippen molar-refractivity contribution in [3.8, 4) is 16.9 Å². The maximum atomic E-state index is 12.4. The lowest BCUT2D eigenvalue weighted by Crippen LogP contribution is -2.34. The van der Waals surface area contributed by atoms with E-state index in [1.807, 2.05) is 84.9 Å². The number of thiocarbonyl (C=S) groups is 1. The molecular formula is C23H18N4OS. The number of hydrogen-bond acceptors (Lipinski definition) is 3. The maximum Gasteiger partial charge on any atom is 0.257 e. The van der Waals surface area contributed by atoms with Gasteiger partial charge in [0.2, 0.25) is 0 Å². The van der Waals surface area contributed by atoms with Crippen LogP contribution >= 0.6 is 12.2 Å². The lowest BCUT2D eigenvalue weighted by atomic mass is 10.2. The van der Waals surface area contributed by atoms with Crippen LogP contribution < -0.4 is 10.6 Å². The minimum Gasteiger partial charge on any atom is -0.317 e. The number of carbonyl (C=O) groups excluding carboxylic acids is 1. The Morgan fingerprint density at radius 1 is 0.828 bits per heavy atom. The summed E-state index contributed by atoms with van der Waals surface area (Å²) < 4.78 is 1.77. The van der Waals surface area contributed by atoms with E-state index in [1.165, 1.54) is 0 Å². The molecule has 2 N–H and O–H groups in total. The largest absolute Gasteiger partial charge is 0.317 e. The molecule has 5 nitrogen and oxygen atoms in total. The number of amides is 1. The molecule has 0 aliphatic heterocycles. The van der Waals surface area contributed by atoms with E-state index in [-0.39, 0.29) is 11.0 Å². The first-order chi connectivity index (χ1) is 14.2. The smallest absolute Gasteiger partial charge is 0.257 e. The van der Waals surface area contributed by atoms with Crippen molar-refractivity contribution in [1.82, 2.24) is 15.1 Å². The lowest BCUT2D eigenvalue weighted by Gasteiger charge is -2.11. The van der Waals surface area contributed by atoms with E-state index in [2.05, 4.69) is 10.6 Å². The van der Waals surface area contributed by atoms with Crippen LogP contribution in [0.25, 0.3) is 16.9 Å². The Bertz CT molecular complexity index is 1130. The molecule has 1 aromatic heterocycles. The van der Waals surface area contributed by atoms with E-state index >= 15 is 0 Å². The van der Waals surface area contributed by atoms with E-state index in [1.54, 1.807) is 16.8 Å². The van der Waals surface area contributed by atoms with Crippen LogP contribution in [0.1, 0.15) is 10.4 Å². The molecule has 1 amide bonds. The molecule has 4 rings (SSSR count). The van der Waals surface area contributed by atoms with Crippen molar-refractivity contribution in [3.05, 3.63) is 103 Å². The molecule has 3 aromatic carbocycles. The second-order valence-electron chi connectivity index (χ2n) is 6.30. The first-order valence-corrected chi connectivity index (χ1v) is 9.50. The fourth-order valence-electron chi connectivity index (χ4n) is 2.90. The molecule has 0 saturated carbocycles. The summed E-state index contributed by atoms with van der Waals surface area (Å²) in [7, 11) is 0. The molecule has 0 radical (unpaired) electrons. The van der Waals surface area contributed by atoms with Crippen molar-refractivity contribution >= 4 is 29.1 Å². The van der Waals surface area contributed by atoms with Crippen LogP contribution in [-0.2, 0) is 0 Å². The van der Waals surface area contributed by atoms with Crippen LogP contribution in [0.3, 0.4) is 0 Å². The van der Waals surface area contributed by atoms with Gasteiger partial charge >= 0.3 is 0 Å². The summed E-state index contributed by atoms with van der Waals surface area (Å²) in [4.78, 5) is 12.4. The lowest BCUT2D eigenvalue weighted by molar-refractivity contribution is 0.0977. The number of anilines is 1. The van der Waals surface area contributed by atoms with Crippen molar-refractivity contribution in [2.24, 2.45) is 0 Å². The van der Waals surface area contributed by atoms with E-state index in [0.29, 0.717) is 11.4 Å². The highest BCUT2D eigenvalue weighted by molar-refractivity contribution is 7.80. The van der Waals surface area contributed by atoms with Crippen LogP contribution in [-0.4, -0.2) is 20.8 Å². The maximum absolute atomic E-state index is 12.4. The first-order valence-electron chi connectivity index (χ1n) is 9.09. The van der Waals surface area contributed by atoms with E-state index < -0.39 is 0 Å². The summed E-state index contributed by atoms with van der Waals surface area (Å²) in [6.07, 6.45) is 0. The van der Waals surface area contributed by atoms with Gasteiger partial charge in [0.1, 0.15) is 5.82 Å². The Balaban J connectivity index is 1.61. The second kappa shape index (κ2) is 8.50. The average Bonchev–Trinajstić information content (AvgIpc) is 3.19. The number of carbonyl (C=O) groups is 1. The van der Waals surface area contributed by atoms with Crippen molar-refractivity contribution in [1.29, 1.82) is 0 Å². The van der Waals surface area contributed by atoms with E-state index in [4.69, 9.17) is 17.3 Å². The number of benzene rings is 3. The Morgan fingerprint density at radius 3 is 2.07 bits per heavy atom. The van der Waals surface area contributed by atoms with Crippen LogP contribution in [0.4, 0.5) is 5.82 Å². The molecular weight excluding hydrogens is 380 g/mol. The highest BCUT2D eigenvalue weighted by Gasteiger charge is 2.14. The van der Waals surface area contributed by atoms with Gasteiger partial charge in [0.25, 0.3) is 5.91 Å². The molecule has 142 valence electrons. The summed E-state index contributed by atoms with van der Waals surface area (Å²) in [6.45, 7) is 0. The Hall–Kier alpha value is -3.77. The van der Waals surface area contributed by atoms with Gasteiger partial charge in [-0.1, -0.05) is 66.7 Å². The van der Waals surface area contributed by atoms with Gasteiger partial charge in [-0.25, -0.2) is 4.68 Å². The third-order valence-corrected chi connectivity index (χ3v) is 4.49. The van der Waals surface area contributed by atoms with Gasteiger partial charge in [0.05, 0.1) is 11.4 Å². The molecule has 6 heteroatoms. The fraction of sp³-hybridized carbons (Fsp3) is 0. The SMILES string of the molecule is O=C(NC(=S)Nc1cc(-c2ccccc2)nn1-c1ccccc1)c1ccccc1. The normalized spacial score (nSPS) is 10.3. The molecule has 29 heavy (non-hydrogen) atoms. The Labute approximate surface area is 174 Å². The highest BCUT2D eigenvalue weighted by Crippen LogP contribution is 2.24. The molecule has 0 fully saturated rings.